The van der Waals surface area contributed by atoms with Crippen LogP contribution in [0.5, 0.6) is 0 Å². The van der Waals surface area contributed by atoms with E-state index in [0.29, 0.717) is 0 Å². The fourth-order valence-electron chi connectivity index (χ4n) is 11.7. The van der Waals surface area contributed by atoms with E-state index < -0.39 is 5.41 Å². The van der Waals surface area contributed by atoms with Gasteiger partial charge in [-0.25, -0.2) is 0 Å². The van der Waals surface area contributed by atoms with Gasteiger partial charge in [0.15, 0.2) is 0 Å². The van der Waals surface area contributed by atoms with Crippen molar-refractivity contribution in [3.63, 3.8) is 0 Å². The van der Waals surface area contributed by atoms with Crippen LogP contribution in [0.4, 0.5) is 0 Å². The Hall–Kier alpha value is -8.98. The van der Waals surface area contributed by atoms with Crippen LogP contribution in [0.1, 0.15) is 22.3 Å². The van der Waals surface area contributed by atoms with Crippen LogP contribution in [0.3, 0.4) is 0 Å². The van der Waals surface area contributed by atoms with Crippen LogP contribution in [0.25, 0.3) is 99.5 Å². The third-order valence-electron chi connectivity index (χ3n) is 14.8. The molecule has 69 heavy (non-hydrogen) atoms. The van der Waals surface area contributed by atoms with Crippen LogP contribution < -0.4 is 0 Å². The standard InChI is InChI=1S/C67H44N2/c1-5-17-45(18-6-1)47-29-35-53(36-30-47)68-63-28-16-14-26-56(63)58-41-49(33-39-64(58)68)50-34-40-65-59(42-50)60-43-62-57(44-66(60)69(65)54-37-31-48(32-38-54)46-19-7-2-8-20-46)55-25-13-15-27-61(55)67(62,51-21-9-3-10-22-51)52-23-11-4-12-24-52/h1-44H. The minimum atomic E-state index is -0.507. The van der Waals surface area contributed by atoms with Gasteiger partial charge in [0, 0.05) is 32.9 Å². The molecule has 0 fully saturated rings. The average Bonchev–Trinajstić information content (AvgIpc) is 4.04. The Labute approximate surface area is 401 Å². The van der Waals surface area contributed by atoms with Crippen LogP contribution in [0.15, 0.2) is 267 Å². The first-order valence-corrected chi connectivity index (χ1v) is 23.9. The molecule has 0 spiro atoms. The summed E-state index contributed by atoms with van der Waals surface area (Å²) in [5.74, 6) is 0. The summed E-state index contributed by atoms with van der Waals surface area (Å²) in [4.78, 5) is 0. The van der Waals surface area contributed by atoms with Gasteiger partial charge in [0.2, 0.25) is 0 Å². The van der Waals surface area contributed by atoms with Crippen molar-refractivity contribution in [2.75, 3.05) is 0 Å². The third-order valence-corrected chi connectivity index (χ3v) is 14.8. The molecule has 0 unspecified atom stereocenters. The van der Waals surface area contributed by atoms with Gasteiger partial charge in [0.1, 0.15) is 0 Å². The van der Waals surface area contributed by atoms with E-state index in [1.165, 1.54) is 110 Å². The summed E-state index contributed by atoms with van der Waals surface area (Å²) < 4.78 is 4.89. The van der Waals surface area contributed by atoms with E-state index in [9.17, 15) is 0 Å². The topological polar surface area (TPSA) is 9.86 Å². The minimum Gasteiger partial charge on any atom is -0.309 e. The predicted octanol–water partition coefficient (Wildman–Crippen LogP) is 17.2. The molecule has 14 rings (SSSR count). The molecule has 2 heterocycles. The zero-order chi connectivity index (χ0) is 45.5. The van der Waals surface area contributed by atoms with E-state index >= 15 is 0 Å². The zero-order valence-corrected chi connectivity index (χ0v) is 37.8. The molecule has 0 aliphatic heterocycles. The van der Waals surface area contributed by atoms with Gasteiger partial charge in [-0.15, -0.1) is 0 Å². The Morgan fingerprint density at radius 1 is 0.232 bits per heavy atom. The summed E-state index contributed by atoms with van der Waals surface area (Å²) in [6, 6.07) is 98.6. The van der Waals surface area contributed by atoms with Crippen LogP contribution in [-0.4, -0.2) is 9.13 Å². The summed E-state index contributed by atoms with van der Waals surface area (Å²) in [6.45, 7) is 0. The van der Waals surface area contributed by atoms with Crippen LogP contribution in [0, 0.1) is 0 Å². The molecule has 0 radical (unpaired) electrons. The monoisotopic (exact) mass is 876 g/mol. The molecule has 0 N–H and O–H groups in total. The first-order chi connectivity index (χ1) is 34.2. The summed E-state index contributed by atoms with van der Waals surface area (Å²) >= 11 is 0. The highest BCUT2D eigenvalue weighted by Crippen LogP contribution is 2.57. The first-order valence-electron chi connectivity index (χ1n) is 23.9. The number of para-hydroxylation sites is 1. The molecule has 0 saturated heterocycles. The SMILES string of the molecule is c1ccc(-c2ccc(-n3c4ccccc4c4cc(-c5ccc6c(c5)c5cc7c(cc5n6-c5ccc(-c6ccccc6)cc5)-c5ccccc5C7(c5ccccc5)c5ccccc5)ccc43)cc2)cc1. The van der Waals surface area contributed by atoms with Gasteiger partial charge in [0.25, 0.3) is 0 Å². The van der Waals surface area contributed by atoms with Gasteiger partial charge in [-0.2, -0.15) is 0 Å². The van der Waals surface area contributed by atoms with Gasteiger partial charge in [-0.3, -0.25) is 0 Å². The van der Waals surface area contributed by atoms with Crippen molar-refractivity contribution in [1.29, 1.82) is 0 Å². The number of rotatable bonds is 7. The van der Waals surface area contributed by atoms with Crippen molar-refractivity contribution in [1.82, 2.24) is 9.13 Å². The second-order valence-corrected chi connectivity index (χ2v) is 18.4. The lowest BCUT2D eigenvalue weighted by Crippen LogP contribution is -2.28. The molecular formula is C67H44N2. The molecule has 1 aliphatic rings. The molecule has 2 nitrogen and oxygen atoms in total. The van der Waals surface area contributed by atoms with Gasteiger partial charge in [-0.1, -0.05) is 200 Å². The molecule has 0 bridgehead atoms. The minimum absolute atomic E-state index is 0.507. The second kappa shape index (κ2) is 15.6. The first kappa shape index (κ1) is 39.2. The Bertz CT molecular complexity index is 4030. The Morgan fingerprint density at radius 2 is 0.638 bits per heavy atom. The fraction of sp³-hybridized carbons (Fsp3) is 0.0149. The lowest BCUT2D eigenvalue weighted by atomic mass is 9.67. The van der Waals surface area contributed by atoms with Crippen molar-refractivity contribution in [2.45, 2.75) is 5.41 Å². The molecule has 0 saturated carbocycles. The molecular weight excluding hydrogens is 833 g/mol. The van der Waals surface area contributed by atoms with Crippen LogP contribution in [0.2, 0.25) is 0 Å². The molecule has 11 aromatic carbocycles. The zero-order valence-electron chi connectivity index (χ0n) is 37.8. The summed E-state index contributed by atoms with van der Waals surface area (Å²) in [5.41, 5.74) is 21.5. The molecule has 0 atom stereocenters. The Balaban J connectivity index is 0.991. The number of fused-ring (bicyclic) bond motifs is 9. The molecule has 322 valence electrons. The smallest absolute Gasteiger partial charge is 0.0713 e. The number of nitrogens with zero attached hydrogens (tertiary/aromatic N) is 2. The van der Waals surface area contributed by atoms with Crippen LogP contribution in [-0.2, 0) is 5.41 Å². The maximum Gasteiger partial charge on any atom is 0.0713 e. The Kier molecular flexibility index (Phi) is 8.84. The van der Waals surface area contributed by atoms with Gasteiger partial charge >= 0.3 is 0 Å². The third kappa shape index (κ3) is 5.99. The average molecular weight is 877 g/mol. The van der Waals surface area contributed by atoms with Crippen molar-refractivity contribution in [3.8, 4) is 55.9 Å². The van der Waals surface area contributed by atoms with Crippen molar-refractivity contribution in [2.24, 2.45) is 0 Å². The number of hydrogen-bond acceptors (Lipinski definition) is 0. The number of benzene rings is 11. The number of aromatic nitrogens is 2. The summed E-state index contributed by atoms with van der Waals surface area (Å²) in [6.07, 6.45) is 0. The molecule has 0 amide bonds. The van der Waals surface area contributed by atoms with E-state index in [-0.39, 0.29) is 0 Å². The molecule has 1 aliphatic carbocycles. The second-order valence-electron chi connectivity index (χ2n) is 18.4. The van der Waals surface area contributed by atoms with Gasteiger partial charge in [0.05, 0.1) is 27.5 Å². The van der Waals surface area contributed by atoms with Crippen molar-refractivity contribution < 1.29 is 0 Å². The summed E-state index contributed by atoms with van der Waals surface area (Å²) in [5, 5.41) is 4.94. The van der Waals surface area contributed by atoms with Crippen molar-refractivity contribution in [3.05, 3.63) is 289 Å². The molecule has 2 heteroatoms. The lowest BCUT2D eigenvalue weighted by Gasteiger charge is -2.34. The van der Waals surface area contributed by atoms with E-state index in [0.717, 1.165) is 11.4 Å². The van der Waals surface area contributed by atoms with Crippen molar-refractivity contribution >= 4 is 43.6 Å². The Morgan fingerprint density at radius 3 is 1.20 bits per heavy atom. The quantitative estimate of drug-likeness (QED) is 0.151. The molecule has 13 aromatic rings. The van der Waals surface area contributed by atoms with Gasteiger partial charge in [-0.05, 0) is 133 Å². The largest absolute Gasteiger partial charge is 0.309 e. The highest BCUT2D eigenvalue weighted by molar-refractivity contribution is 6.14. The van der Waals surface area contributed by atoms with Gasteiger partial charge < -0.3 is 9.13 Å². The summed E-state index contributed by atoms with van der Waals surface area (Å²) in [7, 11) is 0. The van der Waals surface area contributed by atoms with Crippen LogP contribution >= 0.6 is 0 Å². The maximum atomic E-state index is 2.53. The van der Waals surface area contributed by atoms with E-state index in [1.807, 2.05) is 0 Å². The van der Waals surface area contributed by atoms with E-state index in [1.54, 1.807) is 0 Å². The molecule has 2 aromatic heterocycles. The maximum absolute atomic E-state index is 2.53. The van der Waals surface area contributed by atoms with E-state index in [4.69, 9.17) is 0 Å². The lowest BCUT2D eigenvalue weighted by molar-refractivity contribution is 0.769. The highest BCUT2D eigenvalue weighted by Gasteiger charge is 2.46. The highest BCUT2D eigenvalue weighted by atomic mass is 15.0. The van der Waals surface area contributed by atoms with E-state index in [2.05, 4.69) is 276 Å². The number of hydrogen-bond donors (Lipinski definition) is 0. The normalized spacial score (nSPS) is 12.8. The fourth-order valence-corrected chi connectivity index (χ4v) is 11.7. The predicted molar refractivity (Wildman–Crippen MR) is 289 cm³/mol.